The number of hydrogen-bond donors (Lipinski definition) is 0. The Morgan fingerprint density at radius 1 is 0.926 bits per heavy atom. The van der Waals surface area contributed by atoms with Crippen LogP contribution in [0.5, 0.6) is 0 Å². The van der Waals surface area contributed by atoms with E-state index in [-0.39, 0.29) is 17.7 Å². The highest BCUT2D eigenvalue weighted by atomic mass is 19.4. The van der Waals surface area contributed by atoms with Crippen LogP contribution < -0.4 is 5.43 Å². The summed E-state index contributed by atoms with van der Waals surface area (Å²) in [5.74, 6) is 1.04. The van der Waals surface area contributed by atoms with E-state index in [9.17, 15) is 18.0 Å². The van der Waals surface area contributed by atoms with Crippen LogP contribution in [0.4, 0.5) is 13.2 Å². The van der Waals surface area contributed by atoms with Crippen LogP contribution in [-0.4, -0.2) is 4.98 Å². The Kier molecular flexibility index (Phi) is 4.07. The first-order valence-electron chi connectivity index (χ1n) is 8.04. The van der Waals surface area contributed by atoms with Crippen LogP contribution in [0.1, 0.15) is 17.1 Å². The summed E-state index contributed by atoms with van der Waals surface area (Å²) < 4.78 is 49.2. The lowest BCUT2D eigenvalue weighted by atomic mass is 10.1. The highest BCUT2D eigenvalue weighted by Crippen LogP contribution is 2.31. The highest BCUT2D eigenvalue weighted by Gasteiger charge is 2.30. The molecule has 0 saturated heterocycles. The molecule has 2 aromatic carbocycles. The van der Waals surface area contributed by atoms with E-state index < -0.39 is 11.7 Å². The fourth-order valence-electron chi connectivity index (χ4n) is 2.74. The lowest BCUT2D eigenvalue weighted by molar-refractivity contribution is -0.137. The molecule has 0 spiro atoms. The lowest BCUT2D eigenvalue weighted by Crippen LogP contribution is -2.03. The molecule has 27 heavy (non-hydrogen) atoms. The third-order valence-electron chi connectivity index (χ3n) is 4.05. The molecule has 7 heteroatoms. The van der Waals surface area contributed by atoms with Crippen LogP contribution in [0.2, 0.25) is 0 Å². The van der Waals surface area contributed by atoms with E-state index in [0.29, 0.717) is 28.1 Å². The quantitative estimate of drug-likeness (QED) is 0.505. The molecular weight excluding hydrogens is 359 g/mol. The number of oxazole rings is 1. The second-order valence-electron chi connectivity index (χ2n) is 5.96. The number of benzene rings is 2. The van der Waals surface area contributed by atoms with Crippen molar-refractivity contribution in [1.82, 2.24) is 4.98 Å². The number of aromatic nitrogens is 1. The molecule has 0 aliphatic heterocycles. The van der Waals surface area contributed by atoms with E-state index in [1.807, 2.05) is 0 Å². The maximum Gasteiger partial charge on any atom is 0.416 e. The molecule has 0 N–H and O–H groups in total. The van der Waals surface area contributed by atoms with Gasteiger partial charge in [-0.05, 0) is 36.4 Å². The van der Waals surface area contributed by atoms with Crippen molar-refractivity contribution in [3.05, 3.63) is 88.1 Å². The van der Waals surface area contributed by atoms with Crippen LogP contribution in [-0.2, 0) is 12.6 Å². The molecule has 4 nitrogen and oxygen atoms in total. The Hall–Kier alpha value is -3.35. The molecule has 4 aromatic rings. The van der Waals surface area contributed by atoms with Gasteiger partial charge in [-0.25, -0.2) is 4.98 Å². The Labute approximate surface area is 150 Å². The van der Waals surface area contributed by atoms with Crippen molar-refractivity contribution in [1.29, 1.82) is 0 Å². The minimum Gasteiger partial charge on any atom is -0.460 e. The fraction of sp³-hybridized carbons (Fsp3) is 0.100. The summed E-state index contributed by atoms with van der Waals surface area (Å²) in [6.07, 6.45) is -2.73. The zero-order valence-electron chi connectivity index (χ0n) is 13.8. The maximum atomic E-state index is 12.6. The average Bonchev–Trinajstić information content (AvgIpc) is 3.10. The van der Waals surface area contributed by atoms with Crippen LogP contribution in [0.25, 0.3) is 22.4 Å². The van der Waals surface area contributed by atoms with E-state index in [1.165, 1.54) is 24.4 Å². The fourth-order valence-corrected chi connectivity index (χ4v) is 2.74. The van der Waals surface area contributed by atoms with Crippen LogP contribution >= 0.6 is 0 Å². The first-order valence-corrected chi connectivity index (χ1v) is 8.04. The van der Waals surface area contributed by atoms with Gasteiger partial charge in [0.25, 0.3) is 0 Å². The van der Waals surface area contributed by atoms with Crippen molar-refractivity contribution in [3.8, 4) is 11.5 Å². The van der Waals surface area contributed by atoms with Gasteiger partial charge in [-0.3, -0.25) is 4.79 Å². The van der Waals surface area contributed by atoms with Gasteiger partial charge in [-0.2, -0.15) is 13.2 Å². The summed E-state index contributed by atoms with van der Waals surface area (Å²) in [6, 6.07) is 12.9. The summed E-state index contributed by atoms with van der Waals surface area (Å²) in [7, 11) is 0. The van der Waals surface area contributed by atoms with E-state index in [4.69, 9.17) is 8.83 Å². The molecular formula is C20H12F3NO3. The molecule has 0 amide bonds. The molecule has 0 fully saturated rings. The summed E-state index contributed by atoms with van der Waals surface area (Å²) >= 11 is 0. The monoisotopic (exact) mass is 371 g/mol. The first kappa shape index (κ1) is 17.1. The summed E-state index contributed by atoms with van der Waals surface area (Å²) in [5.41, 5.74) is 0.00184. The van der Waals surface area contributed by atoms with E-state index in [1.54, 1.807) is 24.3 Å². The second kappa shape index (κ2) is 6.42. The van der Waals surface area contributed by atoms with Crippen LogP contribution in [0, 0.1) is 0 Å². The van der Waals surface area contributed by atoms with Crippen molar-refractivity contribution in [2.45, 2.75) is 12.6 Å². The van der Waals surface area contributed by atoms with Gasteiger partial charge in [0.2, 0.25) is 5.89 Å². The number of halogens is 3. The van der Waals surface area contributed by atoms with Gasteiger partial charge in [0, 0.05) is 11.6 Å². The Morgan fingerprint density at radius 3 is 2.41 bits per heavy atom. The van der Waals surface area contributed by atoms with Gasteiger partial charge in [0.1, 0.15) is 17.1 Å². The van der Waals surface area contributed by atoms with Gasteiger partial charge >= 0.3 is 6.18 Å². The predicted molar refractivity (Wildman–Crippen MR) is 92.2 cm³/mol. The van der Waals surface area contributed by atoms with E-state index >= 15 is 0 Å². The molecule has 0 bridgehead atoms. The summed E-state index contributed by atoms with van der Waals surface area (Å²) in [6.45, 7) is 0. The number of nitrogens with zero attached hydrogens (tertiary/aromatic N) is 1. The Bertz CT molecular complexity index is 1160. The maximum absolute atomic E-state index is 12.6. The number of hydrogen-bond acceptors (Lipinski definition) is 4. The average molecular weight is 371 g/mol. The van der Waals surface area contributed by atoms with E-state index in [0.717, 1.165) is 12.1 Å². The topological polar surface area (TPSA) is 56.2 Å². The Morgan fingerprint density at radius 2 is 1.67 bits per heavy atom. The largest absolute Gasteiger partial charge is 0.460 e. The third-order valence-corrected chi connectivity index (χ3v) is 4.05. The molecule has 0 radical (unpaired) electrons. The minimum absolute atomic E-state index is 0.158. The third kappa shape index (κ3) is 3.48. The molecule has 0 aliphatic rings. The number of para-hydroxylation sites is 1. The van der Waals surface area contributed by atoms with Gasteiger partial charge in [0.15, 0.2) is 5.43 Å². The lowest BCUT2D eigenvalue weighted by Gasteiger charge is -2.06. The van der Waals surface area contributed by atoms with Crippen LogP contribution in [0.3, 0.4) is 0 Å². The standard InChI is InChI=1S/C20H12F3NO3/c21-20(22,23)13-7-5-12(6-8-13)19-24-11-15(27-19)9-14-10-17(25)16-3-1-2-4-18(16)26-14/h1-8,10-11H,9H2. The molecule has 0 atom stereocenters. The van der Waals surface area contributed by atoms with Gasteiger partial charge in [-0.1, -0.05) is 12.1 Å². The number of rotatable bonds is 3. The van der Waals surface area contributed by atoms with Crippen molar-refractivity contribution in [2.75, 3.05) is 0 Å². The number of fused-ring (bicyclic) bond motifs is 1. The van der Waals surface area contributed by atoms with Gasteiger partial charge in [-0.15, -0.1) is 0 Å². The highest BCUT2D eigenvalue weighted by molar-refractivity contribution is 5.76. The normalized spacial score (nSPS) is 11.8. The SMILES string of the molecule is O=c1cc(Cc2cnc(-c3ccc(C(F)(F)F)cc3)o2)oc2ccccc12. The van der Waals surface area contributed by atoms with Crippen molar-refractivity contribution < 1.29 is 22.0 Å². The first-order chi connectivity index (χ1) is 12.9. The van der Waals surface area contributed by atoms with Gasteiger partial charge in [0.05, 0.1) is 23.6 Å². The molecule has 136 valence electrons. The molecule has 0 saturated carbocycles. The zero-order chi connectivity index (χ0) is 19.0. The van der Waals surface area contributed by atoms with E-state index in [2.05, 4.69) is 4.98 Å². The molecule has 0 unspecified atom stereocenters. The molecule has 2 heterocycles. The van der Waals surface area contributed by atoms with Crippen molar-refractivity contribution >= 4 is 11.0 Å². The minimum atomic E-state index is -4.39. The molecule has 2 aromatic heterocycles. The second-order valence-corrected chi connectivity index (χ2v) is 5.96. The summed E-state index contributed by atoms with van der Waals surface area (Å²) in [4.78, 5) is 16.2. The van der Waals surface area contributed by atoms with Gasteiger partial charge < -0.3 is 8.83 Å². The smallest absolute Gasteiger partial charge is 0.416 e. The van der Waals surface area contributed by atoms with Crippen molar-refractivity contribution in [2.24, 2.45) is 0 Å². The predicted octanol–water partition coefficient (Wildman–Crippen LogP) is 5.06. The van der Waals surface area contributed by atoms with Crippen LogP contribution in [0.15, 0.2) is 74.4 Å². The Balaban J connectivity index is 1.59. The van der Waals surface area contributed by atoms with Crippen molar-refractivity contribution in [3.63, 3.8) is 0 Å². The molecule has 4 rings (SSSR count). The summed E-state index contributed by atoms with van der Waals surface area (Å²) in [5, 5.41) is 0.490. The number of alkyl halides is 3. The molecule has 0 aliphatic carbocycles. The zero-order valence-corrected chi connectivity index (χ0v) is 13.8.